The van der Waals surface area contributed by atoms with Gasteiger partial charge in [-0.15, -0.1) is 0 Å². The minimum absolute atomic E-state index is 0.694. The van der Waals surface area contributed by atoms with Gasteiger partial charge in [-0.2, -0.15) is 0 Å². The van der Waals surface area contributed by atoms with Crippen LogP contribution in [0.3, 0.4) is 0 Å². The summed E-state index contributed by atoms with van der Waals surface area (Å²) in [5, 5.41) is 0. The van der Waals surface area contributed by atoms with Crippen molar-refractivity contribution >= 4 is 7.81 Å². The van der Waals surface area contributed by atoms with Crippen molar-refractivity contribution in [2.45, 2.75) is 6.92 Å². The zero-order valence-corrected chi connectivity index (χ0v) is 12.4. The van der Waals surface area contributed by atoms with Crippen molar-refractivity contribution in [1.29, 1.82) is 0 Å². The molecule has 0 radical (unpaired) electrons. The van der Waals surface area contributed by atoms with Gasteiger partial charge in [0.1, 0.15) is 6.54 Å². The summed E-state index contributed by atoms with van der Waals surface area (Å²) in [4.78, 5) is 0. The van der Waals surface area contributed by atoms with Crippen LogP contribution in [0.5, 0.6) is 0 Å². The molecular formula is C9H22F6NO2P. The molecule has 0 aliphatic rings. The number of likely N-dealkylation sites (N-methyl/N-ethyl adjacent to an activating group) is 1. The molecule has 0 saturated heterocycles. The standard InChI is InChI=1S/C9H22NO2.F6P/c1-5-10(2,3)6-7-12-9-8-11-4;1-7(2,3,4,5)6/h5-9H2,1-4H3;/q+1;-1. The van der Waals surface area contributed by atoms with Gasteiger partial charge in [0.05, 0.1) is 40.5 Å². The predicted molar refractivity (Wildman–Crippen MR) is 63.8 cm³/mol. The number of halogens is 6. The molecule has 0 unspecified atom stereocenters. The summed E-state index contributed by atoms with van der Waals surface area (Å²) in [5.41, 5.74) is 0. The number of nitrogens with zero attached hydrogens (tertiary/aromatic N) is 1. The summed E-state index contributed by atoms with van der Waals surface area (Å²) >= 11 is 0. The second-order valence-corrected chi connectivity index (χ2v) is 6.46. The van der Waals surface area contributed by atoms with E-state index in [9.17, 15) is 25.2 Å². The Morgan fingerprint density at radius 3 is 1.63 bits per heavy atom. The van der Waals surface area contributed by atoms with E-state index in [1.807, 2.05) is 0 Å². The molecular weight excluding hydrogens is 299 g/mol. The fraction of sp³-hybridized carbons (Fsp3) is 1.00. The van der Waals surface area contributed by atoms with Gasteiger partial charge in [0.15, 0.2) is 0 Å². The Labute approximate surface area is 109 Å². The third-order valence-corrected chi connectivity index (χ3v) is 2.13. The van der Waals surface area contributed by atoms with Crippen LogP contribution in [-0.2, 0) is 9.47 Å². The van der Waals surface area contributed by atoms with Gasteiger partial charge in [0.2, 0.25) is 0 Å². The van der Waals surface area contributed by atoms with Crippen LogP contribution in [0.1, 0.15) is 6.92 Å². The van der Waals surface area contributed by atoms with Gasteiger partial charge >= 0.3 is 33.0 Å². The van der Waals surface area contributed by atoms with Crippen LogP contribution in [0.25, 0.3) is 0 Å². The van der Waals surface area contributed by atoms with E-state index in [4.69, 9.17) is 9.47 Å². The van der Waals surface area contributed by atoms with Gasteiger partial charge < -0.3 is 14.0 Å². The van der Waals surface area contributed by atoms with Crippen LogP contribution in [0.15, 0.2) is 0 Å². The summed E-state index contributed by atoms with van der Waals surface area (Å²) in [6.07, 6.45) is 0. The van der Waals surface area contributed by atoms with E-state index in [2.05, 4.69) is 21.0 Å². The van der Waals surface area contributed by atoms with Crippen LogP contribution >= 0.6 is 7.81 Å². The molecule has 3 nitrogen and oxygen atoms in total. The van der Waals surface area contributed by atoms with E-state index in [0.29, 0.717) is 13.2 Å². The van der Waals surface area contributed by atoms with E-state index in [-0.39, 0.29) is 0 Å². The van der Waals surface area contributed by atoms with Crippen LogP contribution in [0.2, 0.25) is 0 Å². The van der Waals surface area contributed by atoms with Crippen LogP contribution < -0.4 is 0 Å². The van der Waals surface area contributed by atoms with Gasteiger partial charge in [-0.1, -0.05) is 0 Å². The Kier molecular flexibility index (Phi) is 7.32. The van der Waals surface area contributed by atoms with Crippen LogP contribution in [0, 0.1) is 0 Å². The fourth-order valence-corrected chi connectivity index (χ4v) is 0.714. The Bertz CT molecular complexity index is 241. The van der Waals surface area contributed by atoms with Crippen LogP contribution in [0.4, 0.5) is 25.2 Å². The summed E-state index contributed by atoms with van der Waals surface area (Å²) in [6.45, 7) is 6.63. The van der Waals surface area contributed by atoms with Gasteiger partial charge in [-0.3, -0.25) is 0 Å². The van der Waals surface area contributed by atoms with Gasteiger partial charge in [0.25, 0.3) is 0 Å². The molecule has 0 fully saturated rings. The second-order valence-electron chi connectivity index (χ2n) is 4.54. The van der Waals surface area contributed by atoms with Crippen molar-refractivity contribution in [1.82, 2.24) is 0 Å². The summed E-state index contributed by atoms with van der Waals surface area (Å²) < 4.78 is 70.5. The Balaban J connectivity index is 0. The molecule has 0 heterocycles. The van der Waals surface area contributed by atoms with Crippen LogP contribution in [-0.4, -0.2) is 58.6 Å². The third kappa shape index (κ3) is 38.1. The van der Waals surface area contributed by atoms with E-state index in [1.54, 1.807) is 7.11 Å². The first kappa shape index (κ1) is 21.2. The monoisotopic (exact) mass is 321 g/mol. The molecule has 0 aromatic carbocycles. The first-order chi connectivity index (χ1) is 8.07. The molecule has 0 saturated carbocycles. The van der Waals surface area contributed by atoms with Crippen molar-refractivity contribution in [3.63, 3.8) is 0 Å². The number of ether oxygens (including phenoxy) is 2. The number of rotatable bonds is 7. The molecule has 0 rings (SSSR count). The third-order valence-electron chi connectivity index (χ3n) is 2.13. The van der Waals surface area contributed by atoms with E-state index in [1.165, 1.54) is 0 Å². The van der Waals surface area contributed by atoms with Gasteiger partial charge in [-0.05, 0) is 6.92 Å². The molecule has 0 N–H and O–H groups in total. The molecule has 10 heteroatoms. The summed E-state index contributed by atoms with van der Waals surface area (Å²) in [7, 11) is -4.55. The summed E-state index contributed by atoms with van der Waals surface area (Å²) in [6, 6.07) is 0. The normalized spacial score (nSPS) is 16.1. The quantitative estimate of drug-likeness (QED) is 0.304. The molecule has 0 aromatic heterocycles. The molecule has 0 spiro atoms. The average molecular weight is 321 g/mol. The number of methoxy groups -OCH3 is 1. The first-order valence-electron chi connectivity index (χ1n) is 5.52. The van der Waals surface area contributed by atoms with Gasteiger partial charge in [0, 0.05) is 7.11 Å². The van der Waals surface area contributed by atoms with Crippen molar-refractivity contribution in [2.24, 2.45) is 0 Å². The molecule has 122 valence electrons. The zero-order chi connectivity index (χ0) is 15.9. The molecule has 0 aromatic rings. The molecule has 0 bridgehead atoms. The minimum atomic E-state index is -10.7. The SMILES string of the molecule is CC[N+](C)(C)CCOCCOC.F[P-](F)(F)(F)(F)F. The zero-order valence-electron chi connectivity index (χ0n) is 11.5. The molecule has 0 aliphatic heterocycles. The molecule has 19 heavy (non-hydrogen) atoms. The Morgan fingerprint density at radius 1 is 0.895 bits per heavy atom. The average Bonchev–Trinajstić information content (AvgIpc) is 2.12. The maximum absolute atomic E-state index is 10.7. The molecule has 0 atom stereocenters. The molecule has 0 amide bonds. The van der Waals surface area contributed by atoms with E-state index in [0.717, 1.165) is 24.2 Å². The van der Waals surface area contributed by atoms with E-state index < -0.39 is 7.81 Å². The van der Waals surface area contributed by atoms with Crippen molar-refractivity contribution in [3.8, 4) is 0 Å². The van der Waals surface area contributed by atoms with Crippen molar-refractivity contribution < 1.29 is 39.1 Å². The first-order valence-corrected chi connectivity index (χ1v) is 7.55. The summed E-state index contributed by atoms with van der Waals surface area (Å²) in [5.74, 6) is 0. The van der Waals surface area contributed by atoms with Crippen molar-refractivity contribution in [2.75, 3.05) is 54.1 Å². The number of hydrogen-bond acceptors (Lipinski definition) is 2. The predicted octanol–water partition coefficient (Wildman–Crippen LogP) is 4.13. The topological polar surface area (TPSA) is 18.5 Å². The second kappa shape index (κ2) is 6.56. The van der Waals surface area contributed by atoms with Crippen molar-refractivity contribution in [3.05, 3.63) is 0 Å². The Hall–Kier alpha value is -0.110. The maximum atomic E-state index is 9.87. The number of hydrogen-bond donors (Lipinski definition) is 0. The fourth-order valence-electron chi connectivity index (χ4n) is 0.714. The number of quaternary nitrogens is 1. The van der Waals surface area contributed by atoms with Gasteiger partial charge in [-0.25, -0.2) is 0 Å². The Morgan fingerprint density at radius 2 is 1.32 bits per heavy atom. The van der Waals surface area contributed by atoms with E-state index >= 15 is 0 Å². The molecule has 0 aliphatic carbocycles.